The normalized spacial score (nSPS) is 19.8. The molecule has 6 heteroatoms. The van der Waals surface area contributed by atoms with Gasteiger partial charge in [-0.15, -0.1) is 0 Å². The number of methoxy groups -OCH3 is 2. The number of carbonyl (C=O) groups excluding carboxylic acids is 2. The lowest BCUT2D eigenvalue weighted by Gasteiger charge is -2.22. The minimum atomic E-state index is -1.29. The Balaban J connectivity index is 2.06. The molecule has 1 aromatic carbocycles. The third kappa shape index (κ3) is 5.46. The predicted octanol–water partition coefficient (Wildman–Crippen LogP) is 2.47. The molecule has 0 amide bonds. The lowest BCUT2D eigenvalue weighted by atomic mass is 9.91. The minimum absolute atomic E-state index is 0.0281. The fourth-order valence-electron chi connectivity index (χ4n) is 2.17. The molecule has 0 aromatic heterocycles. The molecule has 136 valence electrons. The number of benzene rings is 1. The average molecular weight is 356 g/mol. The highest BCUT2D eigenvalue weighted by molar-refractivity contribution is 5.88. The van der Waals surface area contributed by atoms with Crippen LogP contribution in [-0.2, 0) is 19.1 Å². The zero-order valence-corrected chi connectivity index (χ0v) is 14.5. The van der Waals surface area contributed by atoms with E-state index in [9.17, 15) is 14.7 Å². The van der Waals surface area contributed by atoms with Crippen LogP contribution in [0, 0.1) is 0 Å². The summed E-state index contributed by atoms with van der Waals surface area (Å²) in [6, 6.07) is 8.66. The number of esters is 2. The van der Waals surface area contributed by atoms with Crippen LogP contribution in [0.5, 0.6) is 5.75 Å². The van der Waals surface area contributed by atoms with Crippen molar-refractivity contribution in [1.82, 2.24) is 0 Å². The summed E-state index contributed by atoms with van der Waals surface area (Å²) >= 11 is 0. The van der Waals surface area contributed by atoms with E-state index in [1.807, 2.05) is 6.07 Å². The molecule has 1 atom stereocenters. The van der Waals surface area contributed by atoms with Gasteiger partial charge in [-0.05, 0) is 35.9 Å². The SMILES string of the molecule is COC(=O)/C=C/C1(O)C=CC(/C=C(/OC)C(=O)Oc2ccccc2)=CC1. The summed E-state index contributed by atoms with van der Waals surface area (Å²) in [6.45, 7) is 0. The van der Waals surface area contributed by atoms with Gasteiger partial charge in [0.25, 0.3) is 0 Å². The second kappa shape index (κ2) is 8.82. The summed E-state index contributed by atoms with van der Waals surface area (Å²) < 4.78 is 14.8. The highest BCUT2D eigenvalue weighted by Crippen LogP contribution is 2.24. The van der Waals surface area contributed by atoms with Gasteiger partial charge in [-0.1, -0.05) is 30.4 Å². The van der Waals surface area contributed by atoms with Crippen LogP contribution >= 0.6 is 0 Å². The Morgan fingerprint density at radius 3 is 2.46 bits per heavy atom. The van der Waals surface area contributed by atoms with Gasteiger partial charge in [0, 0.05) is 12.5 Å². The number of allylic oxidation sites excluding steroid dienone is 3. The van der Waals surface area contributed by atoms with Crippen molar-refractivity contribution in [3.05, 3.63) is 78.1 Å². The molecule has 1 aliphatic rings. The number of hydrogen-bond donors (Lipinski definition) is 1. The standard InChI is InChI=1S/C20H20O6/c1-24-17(19(22)26-16-6-4-3-5-7-16)14-15-8-11-20(23,12-9-15)13-10-18(21)25-2/h3-11,13-14,23H,12H2,1-2H3/b13-10+,17-14+. The first kappa shape index (κ1) is 19.2. The zero-order chi connectivity index (χ0) is 19.0. The molecule has 0 radical (unpaired) electrons. The van der Waals surface area contributed by atoms with Crippen molar-refractivity contribution >= 4 is 11.9 Å². The molecule has 0 saturated heterocycles. The monoisotopic (exact) mass is 356 g/mol. The smallest absolute Gasteiger partial charge is 0.378 e. The Labute approximate surface area is 151 Å². The number of para-hydroxylation sites is 1. The first-order valence-electron chi connectivity index (χ1n) is 7.87. The molecule has 6 nitrogen and oxygen atoms in total. The van der Waals surface area contributed by atoms with Gasteiger partial charge in [0.1, 0.15) is 11.4 Å². The van der Waals surface area contributed by atoms with Crippen LogP contribution in [0.4, 0.5) is 0 Å². The Kier molecular flexibility index (Phi) is 6.52. The molecule has 26 heavy (non-hydrogen) atoms. The van der Waals surface area contributed by atoms with Crippen LogP contribution in [0.2, 0.25) is 0 Å². The van der Waals surface area contributed by atoms with Gasteiger partial charge in [-0.3, -0.25) is 0 Å². The predicted molar refractivity (Wildman–Crippen MR) is 95.1 cm³/mol. The first-order valence-corrected chi connectivity index (χ1v) is 7.87. The molecular formula is C20H20O6. The van der Waals surface area contributed by atoms with Crippen molar-refractivity contribution in [3.63, 3.8) is 0 Å². The molecular weight excluding hydrogens is 336 g/mol. The molecule has 0 heterocycles. The minimum Gasteiger partial charge on any atom is -0.490 e. The van der Waals surface area contributed by atoms with E-state index in [2.05, 4.69) is 4.74 Å². The summed E-state index contributed by atoms with van der Waals surface area (Å²) in [5.74, 6) is -0.734. The van der Waals surface area contributed by atoms with Crippen molar-refractivity contribution in [3.8, 4) is 5.75 Å². The fourth-order valence-corrected chi connectivity index (χ4v) is 2.17. The highest BCUT2D eigenvalue weighted by atomic mass is 16.6. The van der Waals surface area contributed by atoms with E-state index >= 15 is 0 Å². The third-order valence-electron chi connectivity index (χ3n) is 3.61. The van der Waals surface area contributed by atoms with Gasteiger partial charge in [0.15, 0.2) is 0 Å². The van der Waals surface area contributed by atoms with Crippen molar-refractivity contribution in [1.29, 1.82) is 0 Å². The number of rotatable bonds is 6. The molecule has 1 unspecified atom stereocenters. The Bertz CT molecular complexity index is 773. The molecule has 1 aromatic rings. The molecule has 0 spiro atoms. The molecule has 1 N–H and O–H groups in total. The maximum Gasteiger partial charge on any atom is 0.378 e. The first-order chi connectivity index (χ1) is 12.5. The largest absolute Gasteiger partial charge is 0.490 e. The number of carbonyl (C=O) groups is 2. The second-order valence-corrected chi connectivity index (χ2v) is 5.50. The van der Waals surface area contributed by atoms with Crippen LogP contribution in [0.25, 0.3) is 0 Å². The van der Waals surface area contributed by atoms with E-state index in [0.717, 1.165) is 6.08 Å². The van der Waals surface area contributed by atoms with E-state index in [1.165, 1.54) is 32.4 Å². The average Bonchev–Trinajstić information content (AvgIpc) is 2.66. The summed E-state index contributed by atoms with van der Waals surface area (Å²) in [5, 5.41) is 10.4. The summed E-state index contributed by atoms with van der Waals surface area (Å²) in [5.41, 5.74) is -0.619. The van der Waals surface area contributed by atoms with Gasteiger partial charge < -0.3 is 19.3 Å². The van der Waals surface area contributed by atoms with Crippen LogP contribution in [0.1, 0.15) is 6.42 Å². The summed E-state index contributed by atoms with van der Waals surface area (Å²) in [6.07, 6.45) is 9.13. The molecule has 1 aliphatic carbocycles. The Morgan fingerprint density at radius 2 is 1.88 bits per heavy atom. The Morgan fingerprint density at radius 1 is 1.15 bits per heavy atom. The van der Waals surface area contributed by atoms with Crippen LogP contribution in [0.15, 0.2) is 78.1 Å². The van der Waals surface area contributed by atoms with Crippen LogP contribution in [0.3, 0.4) is 0 Å². The van der Waals surface area contributed by atoms with Gasteiger partial charge in [0.05, 0.1) is 14.2 Å². The quantitative estimate of drug-likeness (QED) is 0.365. The van der Waals surface area contributed by atoms with Gasteiger partial charge in [-0.2, -0.15) is 0 Å². The number of aliphatic hydroxyl groups is 1. The van der Waals surface area contributed by atoms with E-state index in [-0.39, 0.29) is 12.2 Å². The van der Waals surface area contributed by atoms with Crippen molar-refractivity contribution < 1.29 is 28.9 Å². The van der Waals surface area contributed by atoms with Crippen LogP contribution in [-0.4, -0.2) is 36.9 Å². The topological polar surface area (TPSA) is 82.1 Å². The molecule has 0 aliphatic heterocycles. The maximum absolute atomic E-state index is 12.2. The third-order valence-corrected chi connectivity index (χ3v) is 3.61. The molecule has 2 rings (SSSR count). The molecule has 0 saturated carbocycles. The lowest BCUT2D eigenvalue weighted by Crippen LogP contribution is -2.24. The molecule has 0 fully saturated rings. The van der Waals surface area contributed by atoms with E-state index in [0.29, 0.717) is 11.3 Å². The van der Waals surface area contributed by atoms with Gasteiger partial charge >= 0.3 is 11.9 Å². The van der Waals surface area contributed by atoms with E-state index in [4.69, 9.17) is 9.47 Å². The maximum atomic E-state index is 12.2. The van der Waals surface area contributed by atoms with Crippen LogP contribution < -0.4 is 4.74 Å². The molecule has 0 bridgehead atoms. The van der Waals surface area contributed by atoms with Crippen molar-refractivity contribution in [2.75, 3.05) is 14.2 Å². The van der Waals surface area contributed by atoms with Gasteiger partial charge in [-0.25, -0.2) is 9.59 Å². The lowest BCUT2D eigenvalue weighted by molar-refractivity contribution is -0.135. The van der Waals surface area contributed by atoms with Crippen molar-refractivity contribution in [2.24, 2.45) is 0 Å². The van der Waals surface area contributed by atoms with E-state index in [1.54, 1.807) is 36.4 Å². The number of ether oxygens (including phenoxy) is 3. The highest BCUT2D eigenvalue weighted by Gasteiger charge is 2.22. The number of hydrogen-bond acceptors (Lipinski definition) is 6. The summed E-state index contributed by atoms with van der Waals surface area (Å²) in [7, 11) is 2.64. The summed E-state index contributed by atoms with van der Waals surface area (Å²) in [4.78, 5) is 23.3. The van der Waals surface area contributed by atoms with Crippen molar-refractivity contribution in [2.45, 2.75) is 12.0 Å². The van der Waals surface area contributed by atoms with Gasteiger partial charge in [0.2, 0.25) is 5.76 Å². The Hall–Kier alpha value is -3.12. The fraction of sp³-hybridized carbons (Fsp3) is 0.200. The van der Waals surface area contributed by atoms with E-state index < -0.39 is 17.5 Å². The second-order valence-electron chi connectivity index (χ2n) is 5.50. The zero-order valence-electron chi connectivity index (χ0n) is 14.5.